The molecule has 0 atom stereocenters. The van der Waals surface area contributed by atoms with Gasteiger partial charge in [0, 0.05) is 16.7 Å². The Hall–Kier alpha value is -3.57. The van der Waals surface area contributed by atoms with Crippen LogP contribution in [0, 0.1) is 0 Å². The van der Waals surface area contributed by atoms with Crippen LogP contribution in [0.25, 0.3) is 0 Å². The molecule has 0 aromatic heterocycles. The topological polar surface area (TPSA) is 113 Å². The van der Waals surface area contributed by atoms with Gasteiger partial charge in [0.25, 0.3) is 0 Å². The summed E-state index contributed by atoms with van der Waals surface area (Å²) in [4.78, 5) is 13.0. The average Bonchev–Trinajstić information content (AvgIpc) is 3.14. The molecule has 2 heterocycles. The third-order valence-electron chi connectivity index (χ3n) is 6.84. The predicted octanol–water partition coefficient (Wildman–Crippen LogP) is 3.74. The molecule has 2 aliphatic rings. The molecular weight excluding hydrogens is 622 g/mol. The van der Waals surface area contributed by atoms with E-state index in [1.807, 2.05) is 0 Å². The summed E-state index contributed by atoms with van der Waals surface area (Å²) in [7, 11) is -15.4. The predicted molar refractivity (Wildman–Crippen MR) is 133 cm³/mol. The van der Waals surface area contributed by atoms with E-state index in [-0.39, 0.29) is 27.1 Å². The third kappa shape index (κ3) is 4.28. The molecule has 0 saturated heterocycles. The Morgan fingerprint density at radius 3 is 1.59 bits per heavy atom. The number of rotatable bonds is 4. The fraction of sp³-hybridized carbons (Fsp3) is 0.208. The largest absolute Gasteiger partial charge is 0.534 e. The molecule has 0 amide bonds. The number of hydrogen-bond donors (Lipinski definition) is 0. The zero-order valence-corrected chi connectivity index (χ0v) is 23.3. The zero-order chi connectivity index (χ0) is 30.4. The van der Waals surface area contributed by atoms with Crippen LogP contribution in [0.3, 0.4) is 0 Å². The van der Waals surface area contributed by atoms with Gasteiger partial charge in [-0.25, -0.2) is 4.79 Å². The Labute approximate surface area is 229 Å². The standard InChI is InChI=1S/C24H16F6O8S2Si/c1-41(2)19-11-13(37-39(32,33)23(25,26)27)7-9-17(19)22(16-6-4-3-5-15(16)21(31)36-22)18-10-8-14(12-20(18)41)38-40(34,35)24(28,29)30/h3-12H,1-2H3. The van der Waals surface area contributed by atoms with Gasteiger partial charge >= 0.3 is 37.2 Å². The summed E-state index contributed by atoms with van der Waals surface area (Å²) in [6, 6.07) is 12.6. The molecule has 0 N–H and O–H groups in total. The minimum atomic E-state index is -6.06. The van der Waals surface area contributed by atoms with E-state index < -0.39 is 62.4 Å². The van der Waals surface area contributed by atoms with Crippen molar-refractivity contribution < 1.29 is 61.1 Å². The molecule has 0 bridgehead atoms. The highest BCUT2D eigenvalue weighted by Gasteiger charge is 2.57. The van der Waals surface area contributed by atoms with Crippen molar-refractivity contribution in [2.75, 3.05) is 0 Å². The van der Waals surface area contributed by atoms with Crippen LogP contribution in [0.5, 0.6) is 11.5 Å². The molecule has 0 fully saturated rings. The van der Waals surface area contributed by atoms with Crippen LogP contribution in [0.1, 0.15) is 27.0 Å². The van der Waals surface area contributed by atoms with Crippen LogP contribution >= 0.6 is 0 Å². The third-order valence-corrected chi connectivity index (χ3v) is 12.3. The highest BCUT2D eigenvalue weighted by Crippen LogP contribution is 2.49. The lowest BCUT2D eigenvalue weighted by Gasteiger charge is -2.43. The second-order valence-electron chi connectivity index (χ2n) is 9.62. The molecule has 218 valence electrons. The van der Waals surface area contributed by atoms with Gasteiger partial charge in [-0.15, -0.1) is 0 Å². The van der Waals surface area contributed by atoms with E-state index in [1.54, 1.807) is 31.3 Å². The van der Waals surface area contributed by atoms with Gasteiger partial charge in [0.2, 0.25) is 0 Å². The number of esters is 1. The number of alkyl halides is 6. The number of carbonyl (C=O) groups is 1. The molecule has 2 aliphatic heterocycles. The van der Waals surface area contributed by atoms with Gasteiger partial charge in [-0.3, -0.25) is 0 Å². The minimum Gasteiger partial charge on any atom is -0.441 e. The number of carbonyl (C=O) groups excluding carboxylic acids is 1. The number of ether oxygens (including phenoxy) is 1. The number of hydrogen-bond acceptors (Lipinski definition) is 8. The number of fused-ring (bicyclic) bond motifs is 6. The Balaban J connectivity index is 1.78. The smallest absolute Gasteiger partial charge is 0.441 e. The van der Waals surface area contributed by atoms with Crippen molar-refractivity contribution in [2.24, 2.45) is 0 Å². The SMILES string of the molecule is C[Si]1(C)c2cc(OS(=O)(=O)C(F)(F)F)ccc2C2(OC(=O)c3ccccc32)c2ccc(OS(=O)(=O)C(F)(F)F)cc21. The maximum Gasteiger partial charge on any atom is 0.534 e. The van der Waals surface area contributed by atoms with E-state index >= 15 is 0 Å². The lowest BCUT2D eigenvalue weighted by Crippen LogP contribution is -2.63. The van der Waals surface area contributed by atoms with Crippen molar-refractivity contribution >= 4 is 44.7 Å². The molecule has 3 aromatic carbocycles. The van der Waals surface area contributed by atoms with Crippen LogP contribution in [-0.2, 0) is 30.6 Å². The van der Waals surface area contributed by atoms with Gasteiger partial charge in [-0.05, 0) is 40.7 Å². The maximum atomic E-state index is 13.0. The quantitative estimate of drug-likeness (QED) is 0.140. The van der Waals surface area contributed by atoms with Gasteiger partial charge in [0.05, 0.1) is 5.56 Å². The average molecular weight is 639 g/mol. The van der Waals surface area contributed by atoms with Crippen molar-refractivity contribution in [1.29, 1.82) is 0 Å². The number of halogens is 6. The summed E-state index contributed by atoms with van der Waals surface area (Å²) < 4.78 is 139. The monoisotopic (exact) mass is 638 g/mol. The van der Waals surface area contributed by atoms with E-state index in [2.05, 4.69) is 8.37 Å². The van der Waals surface area contributed by atoms with Crippen LogP contribution in [0.2, 0.25) is 13.1 Å². The van der Waals surface area contributed by atoms with Gasteiger partial charge in [0.1, 0.15) is 19.6 Å². The second kappa shape index (κ2) is 8.72. The van der Waals surface area contributed by atoms with Crippen molar-refractivity contribution in [3.63, 3.8) is 0 Å². The van der Waals surface area contributed by atoms with Gasteiger partial charge in [-0.1, -0.05) is 43.4 Å². The van der Waals surface area contributed by atoms with Gasteiger partial charge in [0.15, 0.2) is 5.60 Å². The van der Waals surface area contributed by atoms with Crippen LogP contribution in [0.4, 0.5) is 26.3 Å². The summed E-state index contributed by atoms with van der Waals surface area (Å²) in [5.74, 6) is -2.21. The molecule has 3 aromatic rings. The van der Waals surface area contributed by atoms with E-state index in [1.165, 1.54) is 18.2 Å². The van der Waals surface area contributed by atoms with Crippen LogP contribution < -0.4 is 18.7 Å². The molecule has 17 heteroatoms. The van der Waals surface area contributed by atoms with Crippen molar-refractivity contribution in [1.82, 2.24) is 0 Å². The first kappa shape index (κ1) is 28.9. The fourth-order valence-corrected chi connectivity index (χ4v) is 9.12. The van der Waals surface area contributed by atoms with E-state index in [4.69, 9.17) is 4.74 Å². The Kier molecular flexibility index (Phi) is 6.15. The minimum absolute atomic E-state index is 0.130. The van der Waals surface area contributed by atoms with Crippen molar-refractivity contribution in [2.45, 2.75) is 29.7 Å². The lowest BCUT2D eigenvalue weighted by molar-refractivity contribution is -0.0504. The molecule has 0 saturated carbocycles. The molecular formula is C24H16F6O8S2Si. The first-order valence-electron chi connectivity index (χ1n) is 11.4. The highest BCUT2D eigenvalue weighted by molar-refractivity contribution is 7.88. The molecule has 1 spiro atoms. The lowest BCUT2D eigenvalue weighted by atomic mass is 9.79. The fourth-order valence-electron chi connectivity index (χ4n) is 5.05. The second-order valence-corrected chi connectivity index (χ2v) is 17.0. The first-order valence-corrected chi connectivity index (χ1v) is 17.2. The highest BCUT2D eigenvalue weighted by atomic mass is 32.2. The Morgan fingerprint density at radius 1 is 0.707 bits per heavy atom. The summed E-state index contributed by atoms with van der Waals surface area (Å²) >= 11 is 0. The summed E-state index contributed by atoms with van der Waals surface area (Å²) in [6.07, 6.45) is 0. The Bertz CT molecular complexity index is 1730. The van der Waals surface area contributed by atoms with E-state index in [0.717, 1.165) is 24.3 Å². The first-order chi connectivity index (χ1) is 18.7. The molecule has 8 nitrogen and oxygen atoms in total. The van der Waals surface area contributed by atoms with Crippen LogP contribution in [0.15, 0.2) is 60.7 Å². The van der Waals surface area contributed by atoms with Gasteiger partial charge in [-0.2, -0.15) is 43.2 Å². The van der Waals surface area contributed by atoms with Crippen molar-refractivity contribution in [3.8, 4) is 11.5 Å². The molecule has 0 aliphatic carbocycles. The van der Waals surface area contributed by atoms with E-state index in [9.17, 15) is 48.0 Å². The summed E-state index contributed by atoms with van der Waals surface area (Å²) in [6.45, 7) is 3.26. The van der Waals surface area contributed by atoms with Crippen LogP contribution in [-0.4, -0.2) is 41.9 Å². The molecule has 0 radical (unpaired) electrons. The normalized spacial score (nSPS) is 17.3. The van der Waals surface area contributed by atoms with E-state index in [0.29, 0.717) is 5.56 Å². The summed E-state index contributed by atoms with van der Waals surface area (Å²) in [5, 5.41) is 0.417. The molecule has 41 heavy (non-hydrogen) atoms. The maximum absolute atomic E-state index is 13.0. The molecule has 0 unspecified atom stereocenters. The summed E-state index contributed by atoms with van der Waals surface area (Å²) in [5.41, 5.74) is -12.3. The Morgan fingerprint density at radius 2 is 1.15 bits per heavy atom. The van der Waals surface area contributed by atoms with Gasteiger partial charge < -0.3 is 13.1 Å². The zero-order valence-electron chi connectivity index (χ0n) is 20.6. The molecule has 5 rings (SSSR count). The van der Waals surface area contributed by atoms with Crippen molar-refractivity contribution in [3.05, 3.63) is 82.9 Å². The number of benzene rings is 3.